The van der Waals surface area contributed by atoms with Crippen LogP contribution in [0.3, 0.4) is 0 Å². The highest BCUT2D eigenvalue weighted by Crippen LogP contribution is 2.24. The first-order chi connectivity index (χ1) is 7.26. The molecule has 1 rings (SSSR count). The van der Waals surface area contributed by atoms with E-state index in [1.807, 2.05) is 0 Å². The lowest BCUT2D eigenvalue weighted by molar-refractivity contribution is -0.0121. The lowest BCUT2D eigenvalue weighted by Gasteiger charge is -2.37. The van der Waals surface area contributed by atoms with Crippen molar-refractivity contribution >= 4 is 0 Å². The van der Waals surface area contributed by atoms with Crippen molar-refractivity contribution in [3.8, 4) is 0 Å². The maximum atomic E-state index is 5.55. The van der Waals surface area contributed by atoms with Gasteiger partial charge in [0.15, 0.2) is 0 Å². The normalized spacial score (nSPS) is 27.4. The molecule has 1 unspecified atom stereocenters. The maximum absolute atomic E-state index is 5.55. The number of hydrogen-bond donors (Lipinski definition) is 1. The fraction of sp³-hybridized carbons (Fsp3) is 1.00. The summed E-state index contributed by atoms with van der Waals surface area (Å²) in [6.07, 6.45) is 8.35. The highest BCUT2D eigenvalue weighted by atomic mass is 16.5. The molecule has 90 valence electrons. The Bertz CT molecular complexity index is 152. The molecule has 1 atom stereocenters. The van der Waals surface area contributed by atoms with Crippen LogP contribution in [0.1, 0.15) is 59.3 Å². The van der Waals surface area contributed by atoms with Crippen LogP contribution >= 0.6 is 0 Å². The topological polar surface area (TPSA) is 21.3 Å². The minimum absolute atomic E-state index is 0.537. The Hall–Kier alpha value is -0.0800. The van der Waals surface area contributed by atoms with Gasteiger partial charge in [0, 0.05) is 18.7 Å². The number of unbranched alkanes of at least 4 members (excludes halogenated alkanes) is 2. The molecule has 0 aromatic heterocycles. The van der Waals surface area contributed by atoms with Crippen LogP contribution in [-0.2, 0) is 4.74 Å². The molecule has 0 aliphatic heterocycles. The van der Waals surface area contributed by atoms with Gasteiger partial charge in [0.1, 0.15) is 0 Å². The SMILES string of the molecule is CCCCCC(C)NC1CC(OCC)C1. The third kappa shape index (κ3) is 4.98. The second kappa shape index (κ2) is 7.24. The van der Waals surface area contributed by atoms with Gasteiger partial charge in [0.05, 0.1) is 6.10 Å². The largest absolute Gasteiger partial charge is 0.378 e. The summed E-state index contributed by atoms with van der Waals surface area (Å²) >= 11 is 0. The first-order valence-corrected chi connectivity index (χ1v) is 6.63. The van der Waals surface area contributed by atoms with E-state index < -0.39 is 0 Å². The van der Waals surface area contributed by atoms with E-state index in [1.165, 1.54) is 38.5 Å². The van der Waals surface area contributed by atoms with Gasteiger partial charge < -0.3 is 10.1 Å². The zero-order chi connectivity index (χ0) is 11.1. The molecule has 0 amide bonds. The molecule has 0 radical (unpaired) electrons. The van der Waals surface area contributed by atoms with Crippen molar-refractivity contribution in [1.82, 2.24) is 5.32 Å². The summed E-state index contributed by atoms with van der Waals surface area (Å²) < 4.78 is 5.55. The predicted molar refractivity (Wildman–Crippen MR) is 65.2 cm³/mol. The number of hydrogen-bond acceptors (Lipinski definition) is 2. The molecule has 0 bridgehead atoms. The van der Waals surface area contributed by atoms with Crippen molar-refractivity contribution in [2.75, 3.05) is 6.61 Å². The van der Waals surface area contributed by atoms with Gasteiger partial charge in [-0.3, -0.25) is 0 Å². The zero-order valence-corrected chi connectivity index (χ0v) is 10.6. The van der Waals surface area contributed by atoms with Crippen molar-refractivity contribution < 1.29 is 4.74 Å². The fourth-order valence-corrected chi connectivity index (χ4v) is 2.26. The van der Waals surface area contributed by atoms with Gasteiger partial charge in [-0.15, -0.1) is 0 Å². The summed E-state index contributed by atoms with van der Waals surface area (Å²) in [5.41, 5.74) is 0. The van der Waals surface area contributed by atoms with Crippen molar-refractivity contribution in [2.45, 2.75) is 77.5 Å². The molecule has 1 aliphatic carbocycles. The summed E-state index contributed by atoms with van der Waals surface area (Å²) in [5.74, 6) is 0. The van der Waals surface area contributed by atoms with Crippen LogP contribution in [0.5, 0.6) is 0 Å². The standard InChI is InChI=1S/C13H27NO/c1-4-6-7-8-11(3)14-12-9-13(10-12)15-5-2/h11-14H,4-10H2,1-3H3. The Morgan fingerprint density at radius 1 is 1.27 bits per heavy atom. The maximum Gasteiger partial charge on any atom is 0.0604 e. The molecule has 0 heterocycles. The highest BCUT2D eigenvalue weighted by molar-refractivity contribution is 4.87. The van der Waals surface area contributed by atoms with Gasteiger partial charge in [0.25, 0.3) is 0 Å². The van der Waals surface area contributed by atoms with E-state index in [0.29, 0.717) is 12.1 Å². The first-order valence-electron chi connectivity index (χ1n) is 6.63. The van der Waals surface area contributed by atoms with Crippen LogP contribution in [-0.4, -0.2) is 24.8 Å². The van der Waals surface area contributed by atoms with Gasteiger partial charge in [0.2, 0.25) is 0 Å². The monoisotopic (exact) mass is 213 g/mol. The van der Waals surface area contributed by atoms with Crippen LogP contribution in [0.25, 0.3) is 0 Å². The molecule has 0 saturated heterocycles. The molecule has 1 aliphatic rings. The van der Waals surface area contributed by atoms with Crippen LogP contribution < -0.4 is 5.32 Å². The molecule has 1 saturated carbocycles. The highest BCUT2D eigenvalue weighted by Gasteiger charge is 2.29. The van der Waals surface area contributed by atoms with E-state index in [9.17, 15) is 0 Å². The van der Waals surface area contributed by atoms with E-state index in [-0.39, 0.29) is 0 Å². The lowest BCUT2D eigenvalue weighted by atomic mass is 9.88. The number of rotatable bonds is 8. The summed E-state index contributed by atoms with van der Waals surface area (Å²) in [6, 6.07) is 1.40. The van der Waals surface area contributed by atoms with Crippen LogP contribution in [0.2, 0.25) is 0 Å². The van der Waals surface area contributed by atoms with Crippen molar-refractivity contribution in [3.05, 3.63) is 0 Å². The molecule has 1 fully saturated rings. The second-order valence-electron chi connectivity index (χ2n) is 4.81. The molecular formula is C13H27NO. The van der Waals surface area contributed by atoms with Gasteiger partial charge in [-0.05, 0) is 33.1 Å². The van der Waals surface area contributed by atoms with E-state index in [4.69, 9.17) is 4.74 Å². The second-order valence-corrected chi connectivity index (χ2v) is 4.81. The Morgan fingerprint density at radius 2 is 2.00 bits per heavy atom. The minimum Gasteiger partial charge on any atom is -0.378 e. The summed E-state index contributed by atoms with van der Waals surface area (Å²) in [4.78, 5) is 0. The Kier molecular flexibility index (Phi) is 6.26. The molecule has 2 heteroatoms. The molecule has 0 spiro atoms. The molecule has 15 heavy (non-hydrogen) atoms. The van der Waals surface area contributed by atoms with Crippen molar-refractivity contribution in [1.29, 1.82) is 0 Å². The van der Waals surface area contributed by atoms with Crippen LogP contribution in [0, 0.1) is 0 Å². The summed E-state index contributed by atoms with van der Waals surface area (Å²) in [7, 11) is 0. The molecule has 0 aromatic carbocycles. The third-order valence-electron chi connectivity index (χ3n) is 3.26. The molecular weight excluding hydrogens is 186 g/mol. The van der Waals surface area contributed by atoms with Gasteiger partial charge in [-0.2, -0.15) is 0 Å². The smallest absolute Gasteiger partial charge is 0.0604 e. The third-order valence-corrected chi connectivity index (χ3v) is 3.26. The lowest BCUT2D eigenvalue weighted by Crippen LogP contribution is -2.48. The van der Waals surface area contributed by atoms with E-state index in [2.05, 4.69) is 26.1 Å². The van der Waals surface area contributed by atoms with Gasteiger partial charge in [-0.1, -0.05) is 26.2 Å². The molecule has 2 nitrogen and oxygen atoms in total. The van der Waals surface area contributed by atoms with E-state index in [1.54, 1.807) is 0 Å². The Morgan fingerprint density at radius 3 is 2.60 bits per heavy atom. The number of nitrogens with one attached hydrogen (secondary N) is 1. The van der Waals surface area contributed by atoms with Crippen molar-refractivity contribution in [2.24, 2.45) is 0 Å². The minimum atomic E-state index is 0.537. The fourth-order valence-electron chi connectivity index (χ4n) is 2.26. The Labute approximate surface area is 94.8 Å². The van der Waals surface area contributed by atoms with Gasteiger partial charge >= 0.3 is 0 Å². The number of ether oxygens (including phenoxy) is 1. The van der Waals surface area contributed by atoms with Crippen LogP contribution in [0.4, 0.5) is 0 Å². The van der Waals surface area contributed by atoms with Crippen LogP contribution in [0.15, 0.2) is 0 Å². The average molecular weight is 213 g/mol. The van der Waals surface area contributed by atoms with Crippen molar-refractivity contribution in [3.63, 3.8) is 0 Å². The quantitative estimate of drug-likeness (QED) is 0.626. The molecule has 1 N–H and O–H groups in total. The Balaban J connectivity index is 1.96. The van der Waals surface area contributed by atoms with E-state index >= 15 is 0 Å². The zero-order valence-electron chi connectivity index (χ0n) is 10.6. The first kappa shape index (κ1) is 13.0. The summed E-state index contributed by atoms with van der Waals surface area (Å²) in [6.45, 7) is 7.51. The molecule has 0 aromatic rings. The average Bonchev–Trinajstić information content (AvgIpc) is 2.15. The van der Waals surface area contributed by atoms with Gasteiger partial charge in [-0.25, -0.2) is 0 Å². The van der Waals surface area contributed by atoms with E-state index in [0.717, 1.165) is 12.6 Å². The summed E-state index contributed by atoms with van der Waals surface area (Å²) in [5, 5.41) is 3.68. The predicted octanol–water partition coefficient (Wildman–Crippen LogP) is 3.11.